The van der Waals surface area contributed by atoms with E-state index in [1.165, 1.54) is 50.3 Å². The molecule has 1 N–H and O–H groups in total. The van der Waals surface area contributed by atoms with E-state index in [0.29, 0.717) is 11.0 Å². The Morgan fingerprint density at radius 2 is 1.79 bits per heavy atom. The topological polar surface area (TPSA) is 68.0 Å². The predicted molar refractivity (Wildman–Crippen MR) is 108 cm³/mol. The summed E-state index contributed by atoms with van der Waals surface area (Å²) in [5, 5.41) is 12.2. The zero-order valence-corrected chi connectivity index (χ0v) is 17.1. The average Bonchev–Trinajstić information content (AvgIpc) is 3.16. The van der Waals surface area contributed by atoms with Gasteiger partial charge >= 0.3 is 0 Å². The molecule has 148 valence electrons. The van der Waals surface area contributed by atoms with Crippen molar-refractivity contribution < 1.29 is 9.21 Å². The fourth-order valence-electron chi connectivity index (χ4n) is 6.09. The second-order valence-electron chi connectivity index (χ2n) is 9.06. The number of benzene rings is 1. The number of carbonyl (C=O) groups excluding carboxylic acids is 1. The van der Waals surface area contributed by atoms with Crippen LogP contribution in [0.5, 0.6) is 0 Å². The maximum Gasteiger partial charge on any atom is 0.277 e. The van der Waals surface area contributed by atoms with E-state index in [-0.39, 0.29) is 17.4 Å². The molecule has 4 bridgehead atoms. The molecule has 1 atom stereocenters. The van der Waals surface area contributed by atoms with Crippen LogP contribution >= 0.6 is 11.8 Å². The van der Waals surface area contributed by atoms with Gasteiger partial charge in [0.15, 0.2) is 0 Å². The van der Waals surface area contributed by atoms with Crippen molar-refractivity contribution in [3.63, 3.8) is 0 Å². The lowest BCUT2D eigenvalue weighted by Crippen LogP contribution is -2.48. The molecule has 0 saturated heterocycles. The summed E-state index contributed by atoms with van der Waals surface area (Å²) in [6, 6.07) is 9.97. The number of rotatable bonds is 6. The summed E-state index contributed by atoms with van der Waals surface area (Å²) in [5.74, 6) is 3.64. The molecule has 4 fully saturated rings. The number of nitrogens with zero attached hydrogens (tertiary/aromatic N) is 2. The van der Waals surface area contributed by atoms with Gasteiger partial charge in [-0.25, -0.2) is 0 Å². The van der Waals surface area contributed by atoms with E-state index in [1.54, 1.807) is 0 Å². The zero-order valence-electron chi connectivity index (χ0n) is 16.3. The molecule has 1 unspecified atom stereocenters. The molecular formula is C22H27N3O2S. The first-order valence-electron chi connectivity index (χ1n) is 10.4. The maximum absolute atomic E-state index is 12.3. The Bertz CT molecular complexity index is 815. The van der Waals surface area contributed by atoms with E-state index in [9.17, 15) is 4.79 Å². The molecule has 6 heteroatoms. The van der Waals surface area contributed by atoms with Gasteiger partial charge in [-0.05, 0) is 68.8 Å². The number of hydrogen-bond acceptors (Lipinski definition) is 5. The van der Waals surface area contributed by atoms with Gasteiger partial charge in [0, 0.05) is 5.41 Å². The van der Waals surface area contributed by atoms with E-state index >= 15 is 0 Å². The highest BCUT2D eigenvalue weighted by molar-refractivity contribution is 7.99. The smallest absolute Gasteiger partial charge is 0.277 e. The molecule has 1 aromatic carbocycles. The Morgan fingerprint density at radius 1 is 1.14 bits per heavy atom. The number of thioether (sulfide) groups is 1. The summed E-state index contributed by atoms with van der Waals surface area (Å²) >= 11 is 1.34. The minimum Gasteiger partial charge on any atom is -0.415 e. The summed E-state index contributed by atoms with van der Waals surface area (Å²) in [7, 11) is 0. The number of aromatic nitrogens is 2. The molecule has 2 aromatic rings. The molecule has 28 heavy (non-hydrogen) atoms. The van der Waals surface area contributed by atoms with E-state index < -0.39 is 0 Å². The standard InChI is InChI=1S/C22H27N3O2S/c1-14(18-5-3-2-4-6-18)23-19(26)13-28-21-25-24-20(27-21)22-10-15-7-16(11-22)9-17(8-15)12-22/h2-6,14-17H,7-13H2,1H3,(H,23,26). The monoisotopic (exact) mass is 397 g/mol. The molecule has 5 nitrogen and oxygen atoms in total. The third-order valence-corrected chi connectivity index (χ3v) is 7.72. The first kappa shape index (κ1) is 18.2. The number of nitrogens with one attached hydrogen (secondary N) is 1. The van der Waals surface area contributed by atoms with Crippen molar-refractivity contribution >= 4 is 17.7 Å². The van der Waals surface area contributed by atoms with Gasteiger partial charge in [0.2, 0.25) is 11.8 Å². The van der Waals surface area contributed by atoms with Crippen LogP contribution in [0.15, 0.2) is 40.0 Å². The van der Waals surface area contributed by atoms with Crippen LogP contribution in [0.3, 0.4) is 0 Å². The highest BCUT2D eigenvalue weighted by atomic mass is 32.2. The first-order valence-corrected chi connectivity index (χ1v) is 11.4. The van der Waals surface area contributed by atoms with Gasteiger partial charge in [-0.15, -0.1) is 10.2 Å². The van der Waals surface area contributed by atoms with Crippen LogP contribution in [0.4, 0.5) is 0 Å². The van der Waals surface area contributed by atoms with Crippen molar-refractivity contribution in [2.75, 3.05) is 5.75 Å². The molecule has 1 aromatic heterocycles. The van der Waals surface area contributed by atoms with Crippen molar-refractivity contribution in [1.82, 2.24) is 15.5 Å². The van der Waals surface area contributed by atoms with Crippen LogP contribution in [-0.2, 0) is 10.2 Å². The Kier molecular flexibility index (Phi) is 4.69. The van der Waals surface area contributed by atoms with Gasteiger partial charge in [-0.3, -0.25) is 4.79 Å². The molecule has 0 spiro atoms. The van der Waals surface area contributed by atoms with E-state index in [1.807, 2.05) is 37.3 Å². The molecule has 1 heterocycles. The summed E-state index contributed by atoms with van der Waals surface area (Å²) in [5.41, 5.74) is 1.22. The Balaban J connectivity index is 1.19. The normalized spacial score (nSPS) is 31.7. The minimum atomic E-state index is -0.0177. The minimum absolute atomic E-state index is 0.0143. The van der Waals surface area contributed by atoms with Crippen molar-refractivity contribution in [3.8, 4) is 0 Å². The van der Waals surface area contributed by atoms with Crippen molar-refractivity contribution in [2.45, 2.75) is 62.1 Å². The molecule has 4 aliphatic rings. The summed E-state index contributed by atoms with van der Waals surface area (Å²) in [6.07, 6.45) is 7.82. The number of amides is 1. The summed E-state index contributed by atoms with van der Waals surface area (Å²) in [6.45, 7) is 2.00. The molecule has 4 aliphatic carbocycles. The van der Waals surface area contributed by atoms with Crippen molar-refractivity contribution in [2.24, 2.45) is 17.8 Å². The highest BCUT2D eigenvalue weighted by Gasteiger charge is 2.54. The number of carbonyl (C=O) groups is 1. The molecule has 4 saturated carbocycles. The van der Waals surface area contributed by atoms with Crippen LogP contribution in [-0.4, -0.2) is 21.9 Å². The third kappa shape index (κ3) is 3.47. The summed E-state index contributed by atoms with van der Waals surface area (Å²) < 4.78 is 6.07. The van der Waals surface area contributed by atoms with Crippen LogP contribution in [0.25, 0.3) is 0 Å². The van der Waals surface area contributed by atoms with Crippen LogP contribution in [0.1, 0.15) is 62.9 Å². The first-order chi connectivity index (χ1) is 13.6. The lowest BCUT2D eigenvalue weighted by atomic mass is 9.49. The van der Waals surface area contributed by atoms with Gasteiger partial charge in [-0.1, -0.05) is 42.1 Å². The molecule has 0 radical (unpaired) electrons. The van der Waals surface area contributed by atoms with E-state index in [2.05, 4.69) is 15.5 Å². The van der Waals surface area contributed by atoms with E-state index in [0.717, 1.165) is 29.2 Å². The second-order valence-corrected chi connectivity index (χ2v) is 9.99. The van der Waals surface area contributed by atoms with Gasteiger partial charge in [-0.2, -0.15) is 0 Å². The Labute approximate surface area is 170 Å². The van der Waals surface area contributed by atoms with Crippen LogP contribution < -0.4 is 5.32 Å². The van der Waals surface area contributed by atoms with Gasteiger partial charge in [0.25, 0.3) is 5.22 Å². The lowest BCUT2D eigenvalue weighted by molar-refractivity contribution is -0.119. The van der Waals surface area contributed by atoms with E-state index in [4.69, 9.17) is 4.42 Å². The van der Waals surface area contributed by atoms with Gasteiger partial charge in [0.05, 0.1) is 11.8 Å². The molecule has 0 aliphatic heterocycles. The third-order valence-electron chi connectivity index (χ3n) is 6.90. The Morgan fingerprint density at radius 3 is 2.43 bits per heavy atom. The fourth-order valence-corrected chi connectivity index (χ4v) is 6.66. The maximum atomic E-state index is 12.3. The number of hydrogen-bond donors (Lipinski definition) is 1. The quantitative estimate of drug-likeness (QED) is 0.727. The zero-order chi connectivity index (χ0) is 19.1. The van der Waals surface area contributed by atoms with Crippen LogP contribution in [0, 0.1) is 17.8 Å². The largest absolute Gasteiger partial charge is 0.415 e. The van der Waals surface area contributed by atoms with Crippen molar-refractivity contribution in [1.29, 1.82) is 0 Å². The summed E-state index contributed by atoms with van der Waals surface area (Å²) in [4.78, 5) is 12.3. The highest BCUT2D eigenvalue weighted by Crippen LogP contribution is 2.60. The lowest BCUT2D eigenvalue weighted by Gasteiger charge is -2.55. The van der Waals surface area contributed by atoms with Gasteiger partial charge in [0.1, 0.15) is 0 Å². The second kappa shape index (κ2) is 7.21. The SMILES string of the molecule is CC(NC(=O)CSc1nnc(C23CC4CC(CC(C4)C2)C3)o1)c1ccccc1. The fraction of sp³-hybridized carbons (Fsp3) is 0.591. The average molecular weight is 398 g/mol. The molecular weight excluding hydrogens is 370 g/mol. The van der Waals surface area contributed by atoms with Crippen LogP contribution in [0.2, 0.25) is 0 Å². The molecule has 6 rings (SSSR count). The van der Waals surface area contributed by atoms with Crippen molar-refractivity contribution in [3.05, 3.63) is 41.8 Å². The Hall–Kier alpha value is -1.82. The molecule has 1 amide bonds. The predicted octanol–water partition coefficient (Wildman–Crippen LogP) is 4.51. The van der Waals surface area contributed by atoms with Gasteiger partial charge < -0.3 is 9.73 Å².